The van der Waals surface area contributed by atoms with Gasteiger partial charge in [0.05, 0.1) is 11.2 Å². The van der Waals surface area contributed by atoms with Gasteiger partial charge in [-0.2, -0.15) is 0 Å². The number of halogens is 1. The summed E-state index contributed by atoms with van der Waals surface area (Å²) in [5, 5.41) is 0.619. The van der Waals surface area contributed by atoms with E-state index in [4.69, 9.17) is 20.9 Å². The molecule has 0 amide bonds. The van der Waals surface area contributed by atoms with Crippen LogP contribution in [0.4, 0.5) is 0 Å². The molecule has 0 N–H and O–H groups in total. The van der Waals surface area contributed by atoms with E-state index in [2.05, 4.69) is 0 Å². The summed E-state index contributed by atoms with van der Waals surface area (Å²) in [6.07, 6.45) is 0.268. The van der Waals surface area contributed by atoms with Crippen molar-refractivity contribution in [3.05, 3.63) is 70.7 Å². The number of hydrogen-bond donors (Lipinski definition) is 0. The molecule has 26 heavy (non-hydrogen) atoms. The van der Waals surface area contributed by atoms with Gasteiger partial charge in [-0.05, 0) is 39.3 Å². The van der Waals surface area contributed by atoms with E-state index in [9.17, 15) is 4.79 Å². The first-order chi connectivity index (χ1) is 12.2. The molecular formula is C21H24BClO3. The van der Waals surface area contributed by atoms with Crippen LogP contribution in [0.2, 0.25) is 5.02 Å². The molecule has 1 unspecified atom stereocenters. The molecule has 2 aromatic rings. The van der Waals surface area contributed by atoms with Crippen molar-refractivity contribution in [3.63, 3.8) is 0 Å². The first-order valence-electron chi connectivity index (χ1n) is 8.89. The zero-order valence-electron chi connectivity index (χ0n) is 15.7. The molecule has 0 radical (unpaired) electrons. The van der Waals surface area contributed by atoms with Crippen LogP contribution in [0, 0.1) is 0 Å². The van der Waals surface area contributed by atoms with E-state index < -0.39 is 18.3 Å². The van der Waals surface area contributed by atoms with Crippen LogP contribution in [0.25, 0.3) is 0 Å². The molecule has 1 aliphatic rings. The van der Waals surface area contributed by atoms with Crippen molar-refractivity contribution >= 4 is 24.5 Å². The molecule has 136 valence electrons. The minimum Gasteiger partial charge on any atom is -0.403 e. The molecule has 1 fully saturated rings. The van der Waals surface area contributed by atoms with E-state index in [1.54, 1.807) is 0 Å². The normalized spacial score (nSPS) is 19.3. The molecule has 1 saturated heterocycles. The number of Topliss-reactive ketones (excluding diaryl/α,β-unsaturated/α-hetero) is 1. The monoisotopic (exact) mass is 370 g/mol. The zero-order chi connectivity index (χ0) is 18.9. The van der Waals surface area contributed by atoms with Crippen LogP contribution in [0.3, 0.4) is 0 Å². The third-order valence-electron chi connectivity index (χ3n) is 5.41. The van der Waals surface area contributed by atoms with Gasteiger partial charge in [0.25, 0.3) is 0 Å². The quantitative estimate of drug-likeness (QED) is 0.527. The average Bonchev–Trinajstić information content (AvgIpc) is 2.81. The topological polar surface area (TPSA) is 35.5 Å². The Bertz CT molecular complexity index is 773. The average molecular weight is 371 g/mol. The Hall–Kier alpha value is -1.62. The van der Waals surface area contributed by atoms with Gasteiger partial charge in [-0.1, -0.05) is 60.1 Å². The number of hydrogen-bond acceptors (Lipinski definition) is 3. The summed E-state index contributed by atoms with van der Waals surface area (Å²) < 4.78 is 12.5. The first-order valence-corrected chi connectivity index (χ1v) is 9.27. The molecule has 0 aliphatic carbocycles. The smallest absolute Gasteiger partial charge is 0.403 e. The fourth-order valence-corrected chi connectivity index (χ4v) is 3.40. The summed E-state index contributed by atoms with van der Waals surface area (Å²) in [6.45, 7) is 8.04. The van der Waals surface area contributed by atoms with Crippen molar-refractivity contribution in [2.45, 2.75) is 51.1 Å². The van der Waals surface area contributed by atoms with Crippen molar-refractivity contribution in [3.8, 4) is 0 Å². The number of carbonyl (C=O) groups excluding carboxylic acids is 1. The largest absolute Gasteiger partial charge is 0.466 e. The van der Waals surface area contributed by atoms with Gasteiger partial charge in [0.15, 0.2) is 5.78 Å². The van der Waals surface area contributed by atoms with E-state index in [0.29, 0.717) is 10.6 Å². The minimum absolute atomic E-state index is 0.0465. The Morgan fingerprint density at radius 3 is 2.08 bits per heavy atom. The maximum atomic E-state index is 12.9. The van der Waals surface area contributed by atoms with Gasteiger partial charge in [0, 0.05) is 22.8 Å². The Morgan fingerprint density at radius 1 is 0.962 bits per heavy atom. The van der Waals surface area contributed by atoms with Crippen molar-refractivity contribution in [1.29, 1.82) is 0 Å². The summed E-state index contributed by atoms with van der Waals surface area (Å²) >= 11 is 6.45. The lowest BCUT2D eigenvalue weighted by Gasteiger charge is -2.32. The summed E-state index contributed by atoms with van der Waals surface area (Å²) in [6, 6.07) is 16.9. The Labute approximate surface area is 160 Å². The second-order valence-corrected chi connectivity index (χ2v) is 8.15. The van der Waals surface area contributed by atoms with Crippen LogP contribution in [0.15, 0.2) is 54.6 Å². The second-order valence-electron chi connectivity index (χ2n) is 7.75. The Morgan fingerprint density at radius 2 is 1.50 bits per heavy atom. The lowest BCUT2D eigenvalue weighted by atomic mass is 9.65. The number of rotatable bonds is 5. The maximum absolute atomic E-state index is 12.9. The van der Waals surface area contributed by atoms with Crippen LogP contribution in [-0.4, -0.2) is 24.1 Å². The molecular weight excluding hydrogens is 346 g/mol. The molecule has 1 aliphatic heterocycles. The highest BCUT2D eigenvalue weighted by Gasteiger charge is 2.54. The number of ketones is 1. The third-order valence-corrected chi connectivity index (χ3v) is 5.75. The predicted octanol–water partition coefficient (Wildman–Crippen LogP) is 5.33. The SMILES string of the molecule is CC1(C)OB(C(CC(=O)c2ccccc2)c2ccccc2Cl)OC1(C)C. The van der Waals surface area contributed by atoms with Gasteiger partial charge < -0.3 is 9.31 Å². The number of carbonyl (C=O) groups is 1. The fourth-order valence-electron chi connectivity index (χ4n) is 3.12. The van der Waals surface area contributed by atoms with Gasteiger partial charge in [-0.15, -0.1) is 0 Å². The highest BCUT2D eigenvalue weighted by Crippen LogP contribution is 2.43. The predicted molar refractivity (Wildman–Crippen MR) is 106 cm³/mol. The van der Waals surface area contributed by atoms with E-state index in [1.165, 1.54) is 0 Å². The summed E-state index contributed by atoms with van der Waals surface area (Å²) in [7, 11) is -0.535. The highest BCUT2D eigenvalue weighted by atomic mass is 35.5. The Kier molecular flexibility index (Phi) is 5.29. The standard InChI is InChI=1S/C21H24BClO3/c1-20(2)21(3,4)26-22(25-20)17(16-12-8-9-13-18(16)23)14-19(24)15-10-6-5-7-11-15/h5-13,17H,14H2,1-4H3. The third kappa shape index (κ3) is 3.73. The minimum atomic E-state index is -0.535. The summed E-state index contributed by atoms with van der Waals surface area (Å²) in [5.74, 6) is -0.234. The van der Waals surface area contributed by atoms with Gasteiger partial charge in [0.2, 0.25) is 0 Å². The molecule has 1 atom stereocenters. The van der Waals surface area contributed by atoms with E-state index in [0.717, 1.165) is 5.56 Å². The molecule has 2 aromatic carbocycles. The van der Waals surface area contributed by atoms with Crippen LogP contribution < -0.4 is 0 Å². The van der Waals surface area contributed by atoms with Crippen LogP contribution in [-0.2, 0) is 9.31 Å². The summed E-state index contributed by atoms with van der Waals surface area (Å²) in [5.41, 5.74) is 0.623. The number of benzene rings is 2. The molecule has 0 saturated carbocycles. The van der Waals surface area contributed by atoms with Gasteiger partial charge in [-0.25, -0.2) is 0 Å². The van der Waals surface area contributed by atoms with Gasteiger partial charge >= 0.3 is 7.12 Å². The molecule has 5 heteroatoms. The highest BCUT2D eigenvalue weighted by molar-refractivity contribution is 6.49. The molecule has 0 aromatic heterocycles. The molecule has 3 nitrogen and oxygen atoms in total. The lowest BCUT2D eigenvalue weighted by Crippen LogP contribution is -2.41. The maximum Gasteiger partial charge on any atom is 0.466 e. The Balaban J connectivity index is 1.94. The molecule has 3 rings (SSSR count). The van der Waals surface area contributed by atoms with E-state index >= 15 is 0 Å². The van der Waals surface area contributed by atoms with Crippen LogP contribution in [0.1, 0.15) is 55.9 Å². The van der Waals surface area contributed by atoms with E-state index in [1.807, 2.05) is 82.3 Å². The van der Waals surface area contributed by atoms with Gasteiger partial charge in [0.1, 0.15) is 0 Å². The second kappa shape index (κ2) is 7.18. The lowest BCUT2D eigenvalue weighted by molar-refractivity contribution is 0.00578. The van der Waals surface area contributed by atoms with Crippen LogP contribution in [0.5, 0.6) is 0 Å². The first kappa shape index (κ1) is 19.2. The van der Waals surface area contributed by atoms with Crippen molar-refractivity contribution in [1.82, 2.24) is 0 Å². The molecule has 0 bridgehead atoms. The van der Waals surface area contributed by atoms with Crippen LogP contribution >= 0.6 is 11.6 Å². The molecule has 1 heterocycles. The zero-order valence-corrected chi connectivity index (χ0v) is 16.4. The molecule has 0 spiro atoms. The fraction of sp³-hybridized carbons (Fsp3) is 0.381. The van der Waals surface area contributed by atoms with E-state index in [-0.39, 0.29) is 18.0 Å². The van der Waals surface area contributed by atoms with Crippen molar-refractivity contribution in [2.75, 3.05) is 0 Å². The van der Waals surface area contributed by atoms with Crippen molar-refractivity contribution < 1.29 is 14.1 Å². The summed E-state index contributed by atoms with van der Waals surface area (Å²) in [4.78, 5) is 12.9. The van der Waals surface area contributed by atoms with Gasteiger partial charge in [-0.3, -0.25) is 4.79 Å². The van der Waals surface area contributed by atoms with Crippen molar-refractivity contribution in [2.24, 2.45) is 0 Å².